The van der Waals surface area contributed by atoms with Crippen molar-refractivity contribution in [1.29, 1.82) is 0 Å². The molecule has 0 radical (unpaired) electrons. The highest BCUT2D eigenvalue weighted by molar-refractivity contribution is 5.63. The molecule has 2 aromatic rings. The standard InChI is InChI=1S/C16H19NO/c1-2-15(17)16(18)14-10-8-13(9-11-14)12-6-4-3-5-7-12/h3-11,15-16,18H,2,17H2,1H3. The zero-order valence-corrected chi connectivity index (χ0v) is 10.6. The first-order chi connectivity index (χ1) is 8.72. The van der Waals surface area contributed by atoms with E-state index in [1.807, 2.05) is 49.4 Å². The molecular formula is C16H19NO. The third-order valence-electron chi connectivity index (χ3n) is 3.24. The minimum atomic E-state index is -0.583. The number of benzene rings is 2. The van der Waals surface area contributed by atoms with Gasteiger partial charge in [-0.2, -0.15) is 0 Å². The summed E-state index contributed by atoms with van der Waals surface area (Å²) < 4.78 is 0. The lowest BCUT2D eigenvalue weighted by atomic mass is 9.98. The van der Waals surface area contributed by atoms with Crippen LogP contribution in [0.5, 0.6) is 0 Å². The third kappa shape index (κ3) is 2.78. The molecule has 0 fully saturated rings. The molecule has 0 bridgehead atoms. The Labute approximate surface area is 108 Å². The Hall–Kier alpha value is -1.64. The van der Waals surface area contributed by atoms with E-state index in [2.05, 4.69) is 12.1 Å². The highest BCUT2D eigenvalue weighted by Gasteiger charge is 2.14. The van der Waals surface area contributed by atoms with Crippen molar-refractivity contribution in [3.05, 3.63) is 60.2 Å². The molecule has 0 saturated carbocycles. The molecule has 0 spiro atoms. The second kappa shape index (κ2) is 5.80. The number of hydrogen-bond donors (Lipinski definition) is 2. The summed E-state index contributed by atoms with van der Waals surface area (Å²) in [5.74, 6) is 0. The predicted octanol–water partition coefficient (Wildman–Crippen LogP) is 3.12. The molecule has 0 aliphatic carbocycles. The molecule has 0 aromatic heterocycles. The van der Waals surface area contributed by atoms with Crippen LogP contribution in [-0.2, 0) is 0 Å². The maximum Gasteiger partial charge on any atom is 0.0940 e. The summed E-state index contributed by atoms with van der Waals surface area (Å²) in [4.78, 5) is 0. The summed E-state index contributed by atoms with van der Waals surface area (Å²) in [5.41, 5.74) is 9.06. The van der Waals surface area contributed by atoms with Crippen molar-refractivity contribution in [1.82, 2.24) is 0 Å². The van der Waals surface area contributed by atoms with Gasteiger partial charge >= 0.3 is 0 Å². The van der Waals surface area contributed by atoms with Gasteiger partial charge in [0.2, 0.25) is 0 Å². The second-order valence-corrected chi connectivity index (χ2v) is 4.50. The molecule has 2 atom stereocenters. The van der Waals surface area contributed by atoms with E-state index in [-0.39, 0.29) is 6.04 Å². The normalized spacial score (nSPS) is 14.2. The van der Waals surface area contributed by atoms with Crippen LogP contribution in [0.1, 0.15) is 25.0 Å². The molecule has 2 unspecified atom stereocenters. The zero-order chi connectivity index (χ0) is 13.0. The first kappa shape index (κ1) is 12.8. The fourth-order valence-electron chi connectivity index (χ4n) is 1.97. The minimum Gasteiger partial charge on any atom is -0.387 e. The predicted molar refractivity (Wildman–Crippen MR) is 75.1 cm³/mol. The van der Waals surface area contributed by atoms with Gasteiger partial charge in [-0.15, -0.1) is 0 Å². The second-order valence-electron chi connectivity index (χ2n) is 4.50. The van der Waals surface area contributed by atoms with Gasteiger partial charge in [0, 0.05) is 6.04 Å². The molecule has 0 aliphatic heterocycles. The monoisotopic (exact) mass is 241 g/mol. The van der Waals surface area contributed by atoms with Gasteiger partial charge in [-0.3, -0.25) is 0 Å². The summed E-state index contributed by atoms with van der Waals surface area (Å²) in [6.07, 6.45) is 0.182. The molecule has 94 valence electrons. The largest absolute Gasteiger partial charge is 0.387 e. The summed E-state index contributed by atoms with van der Waals surface area (Å²) in [6, 6.07) is 17.9. The van der Waals surface area contributed by atoms with E-state index in [1.165, 1.54) is 5.56 Å². The van der Waals surface area contributed by atoms with E-state index in [0.29, 0.717) is 0 Å². The van der Waals surface area contributed by atoms with E-state index < -0.39 is 6.10 Å². The summed E-state index contributed by atoms with van der Waals surface area (Å²) >= 11 is 0. The lowest BCUT2D eigenvalue weighted by Gasteiger charge is -2.17. The van der Waals surface area contributed by atoms with E-state index in [9.17, 15) is 5.11 Å². The Bertz CT molecular complexity index is 478. The van der Waals surface area contributed by atoms with Gasteiger partial charge in [0.05, 0.1) is 6.10 Å². The molecule has 0 saturated heterocycles. The first-order valence-electron chi connectivity index (χ1n) is 6.31. The van der Waals surface area contributed by atoms with Gasteiger partial charge in [0.15, 0.2) is 0 Å². The van der Waals surface area contributed by atoms with Crippen LogP contribution in [0.2, 0.25) is 0 Å². The Kier molecular flexibility index (Phi) is 4.13. The summed E-state index contributed by atoms with van der Waals surface area (Å²) in [6.45, 7) is 1.98. The molecular weight excluding hydrogens is 222 g/mol. The third-order valence-corrected chi connectivity index (χ3v) is 3.24. The van der Waals surface area contributed by atoms with Crippen LogP contribution in [-0.4, -0.2) is 11.1 Å². The Morgan fingerprint density at radius 2 is 1.50 bits per heavy atom. The van der Waals surface area contributed by atoms with Gasteiger partial charge in [-0.25, -0.2) is 0 Å². The van der Waals surface area contributed by atoms with Crippen molar-refractivity contribution >= 4 is 0 Å². The van der Waals surface area contributed by atoms with Gasteiger partial charge in [-0.1, -0.05) is 61.5 Å². The molecule has 18 heavy (non-hydrogen) atoms. The Morgan fingerprint density at radius 1 is 0.944 bits per heavy atom. The molecule has 2 heteroatoms. The van der Waals surface area contributed by atoms with Crippen LogP contribution in [0.4, 0.5) is 0 Å². The van der Waals surface area contributed by atoms with Gasteiger partial charge in [0.1, 0.15) is 0 Å². The van der Waals surface area contributed by atoms with E-state index in [1.54, 1.807) is 0 Å². The first-order valence-corrected chi connectivity index (χ1v) is 6.31. The number of rotatable bonds is 4. The van der Waals surface area contributed by atoms with Crippen molar-refractivity contribution in [2.24, 2.45) is 5.73 Å². The summed E-state index contributed by atoms with van der Waals surface area (Å²) in [7, 11) is 0. The highest BCUT2D eigenvalue weighted by atomic mass is 16.3. The summed E-state index contributed by atoms with van der Waals surface area (Å²) in [5, 5.41) is 10.0. The Morgan fingerprint density at radius 3 is 2.06 bits per heavy atom. The quantitative estimate of drug-likeness (QED) is 0.864. The number of nitrogens with two attached hydrogens (primary N) is 1. The van der Waals surface area contributed by atoms with Crippen LogP contribution < -0.4 is 5.73 Å². The van der Waals surface area contributed by atoms with Crippen LogP contribution in [0.3, 0.4) is 0 Å². The molecule has 2 rings (SSSR count). The highest BCUT2D eigenvalue weighted by Crippen LogP contribution is 2.23. The fourth-order valence-corrected chi connectivity index (χ4v) is 1.97. The van der Waals surface area contributed by atoms with Crippen molar-refractivity contribution in [3.8, 4) is 11.1 Å². The van der Waals surface area contributed by atoms with E-state index in [0.717, 1.165) is 17.5 Å². The van der Waals surface area contributed by atoms with Crippen molar-refractivity contribution in [2.75, 3.05) is 0 Å². The lowest BCUT2D eigenvalue weighted by molar-refractivity contribution is 0.144. The molecule has 0 aliphatic rings. The number of aliphatic hydroxyl groups is 1. The average molecular weight is 241 g/mol. The smallest absolute Gasteiger partial charge is 0.0940 e. The van der Waals surface area contributed by atoms with Crippen LogP contribution >= 0.6 is 0 Å². The number of aliphatic hydroxyl groups excluding tert-OH is 1. The van der Waals surface area contributed by atoms with Crippen LogP contribution in [0, 0.1) is 0 Å². The fraction of sp³-hybridized carbons (Fsp3) is 0.250. The van der Waals surface area contributed by atoms with Gasteiger partial charge in [-0.05, 0) is 23.1 Å². The molecule has 2 aromatic carbocycles. The maximum atomic E-state index is 10.0. The van der Waals surface area contributed by atoms with Crippen molar-refractivity contribution < 1.29 is 5.11 Å². The van der Waals surface area contributed by atoms with E-state index >= 15 is 0 Å². The molecule has 0 amide bonds. The lowest BCUT2D eigenvalue weighted by Crippen LogP contribution is -2.27. The Balaban J connectivity index is 2.20. The van der Waals surface area contributed by atoms with Crippen LogP contribution in [0.15, 0.2) is 54.6 Å². The molecule has 3 N–H and O–H groups in total. The van der Waals surface area contributed by atoms with E-state index in [4.69, 9.17) is 5.73 Å². The maximum absolute atomic E-state index is 10.0. The topological polar surface area (TPSA) is 46.2 Å². The number of hydrogen-bond acceptors (Lipinski definition) is 2. The molecule has 2 nitrogen and oxygen atoms in total. The van der Waals surface area contributed by atoms with Gasteiger partial charge in [0.25, 0.3) is 0 Å². The average Bonchev–Trinajstić information content (AvgIpc) is 2.47. The van der Waals surface area contributed by atoms with Crippen LogP contribution in [0.25, 0.3) is 11.1 Å². The van der Waals surface area contributed by atoms with Gasteiger partial charge < -0.3 is 10.8 Å². The molecule has 0 heterocycles. The SMILES string of the molecule is CCC(N)C(O)c1ccc(-c2ccccc2)cc1. The zero-order valence-electron chi connectivity index (χ0n) is 10.6. The van der Waals surface area contributed by atoms with Crippen molar-refractivity contribution in [2.45, 2.75) is 25.5 Å². The minimum absolute atomic E-state index is 0.201. The van der Waals surface area contributed by atoms with Crippen molar-refractivity contribution in [3.63, 3.8) is 0 Å².